The first-order valence-corrected chi connectivity index (χ1v) is 27.0. The molecule has 0 bridgehead atoms. The van der Waals surface area contributed by atoms with Crippen molar-refractivity contribution >= 4 is 58.1 Å². The van der Waals surface area contributed by atoms with Gasteiger partial charge in [-0.1, -0.05) is 60.5 Å². The van der Waals surface area contributed by atoms with E-state index in [4.69, 9.17) is 51.6 Å². The van der Waals surface area contributed by atoms with Crippen LogP contribution in [0.4, 0.5) is 0 Å². The maximum absolute atomic E-state index is 13.2. The van der Waals surface area contributed by atoms with Crippen LogP contribution in [-0.2, 0) is 70.7 Å². The third-order valence-electron chi connectivity index (χ3n) is 13.5. The predicted octanol–water partition coefficient (Wildman–Crippen LogP) is 6.84. The molecule has 3 amide bonds. The normalized spacial score (nSPS) is 16.3. The molecule has 2 aromatic carbocycles. The average Bonchev–Trinajstić information content (AvgIpc) is 3.97. The van der Waals surface area contributed by atoms with E-state index < -0.39 is 11.9 Å². The van der Waals surface area contributed by atoms with E-state index in [2.05, 4.69) is 54.4 Å². The number of imide groups is 1. The maximum Gasteiger partial charge on any atom is 0.255 e. The number of amides is 3. The van der Waals surface area contributed by atoms with Crippen molar-refractivity contribution in [2.75, 3.05) is 86.6 Å². The lowest BCUT2D eigenvalue weighted by Gasteiger charge is -2.34. The number of carbonyl (C=O) groups excluding carboxylic acids is 5. The van der Waals surface area contributed by atoms with Crippen molar-refractivity contribution < 1.29 is 52.4 Å². The van der Waals surface area contributed by atoms with E-state index in [9.17, 15) is 24.0 Å². The number of fused-ring (bicyclic) bond motifs is 2. The number of rotatable bonds is 28. The molecule has 5 aromatic rings. The lowest BCUT2D eigenvalue weighted by molar-refractivity contribution is -0.137. The van der Waals surface area contributed by atoms with Crippen molar-refractivity contribution in [3.63, 3.8) is 0 Å². The van der Waals surface area contributed by atoms with Gasteiger partial charge in [-0.2, -0.15) is 5.10 Å². The lowest BCUT2D eigenvalue weighted by atomic mass is 10.0. The number of halogens is 2. The van der Waals surface area contributed by atoms with E-state index in [1.807, 2.05) is 19.9 Å². The summed E-state index contributed by atoms with van der Waals surface area (Å²) in [6.07, 6.45) is 5.70. The summed E-state index contributed by atoms with van der Waals surface area (Å²) in [7, 11) is 3.33. The van der Waals surface area contributed by atoms with Crippen LogP contribution in [0.3, 0.4) is 0 Å². The highest BCUT2D eigenvalue weighted by Crippen LogP contribution is 2.34. The summed E-state index contributed by atoms with van der Waals surface area (Å²) in [6.45, 7) is 14.0. The topological polar surface area (TPSA) is 206 Å². The van der Waals surface area contributed by atoms with Crippen LogP contribution in [-0.4, -0.2) is 156 Å². The van der Waals surface area contributed by atoms with E-state index in [0.717, 1.165) is 63.4 Å². The third-order valence-corrected chi connectivity index (χ3v) is 13.9. The number of piperazine rings is 1. The molecule has 2 fully saturated rings. The van der Waals surface area contributed by atoms with Gasteiger partial charge >= 0.3 is 0 Å². The van der Waals surface area contributed by atoms with Gasteiger partial charge in [0, 0.05) is 133 Å². The molecule has 3 aromatic heterocycles. The van der Waals surface area contributed by atoms with E-state index in [-0.39, 0.29) is 55.4 Å². The van der Waals surface area contributed by atoms with Gasteiger partial charge in [0.1, 0.15) is 30.0 Å². The quantitative estimate of drug-likeness (QED) is 0.0402. The van der Waals surface area contributed by atoms with Crippen LogP contribution < -0.4 is 14.8 Å². The average molecular weight is 1100 g/mol. The van der Waals surface area contributed by atoms with Gasteiger partial charge in [0.25, 0.3) is 5.91 Å². The second-order valence-electron chi connectivity index (χ2n) is 19.2. The number of nitrogens with one attached hydrogen (secondary N) is 1. The number of pyridine rings is 1. The molecule has 19 nitrogen and oxygen atoms in total. The Morgan fingerprint density at radius 2 is 1.55 bits per heavy atom. The SMILES string of the molecule is CCCOCCOCCC(=O)CCCOc1ncc(Cl)cc1CC(=O)Cc1cnc2cc(Cl)nn2c1[C@H](C)OC.COCCN1CCN(Cc2ccc(COc3cccc4c3CN([C@H]3CCC(=O)NC3=O)C4=O)cc2)CC1. The van der Waals surface area contributed by atoms with Gasteiger partial charge in [-0.3, -0.25) is 39.1 Å². The summed E-state index contributed by atoms with van der Waals surface area (Å²) in [6, 6.07) is 16.6. The summed E-state index contributed by atoms with van der Waals surface area (Å²) >= 11 is 12.2. The number of aromatic nitrogens is 4. The number of ketones is 2. The Hall–Kier alpha value is -5.90. The van der Waals surface area contributed by atoms with Crippen molar-refractivity contribution in [2.24, 2.45) is 0 Å². The van der Waals surface area contributed by atoms with Crippen LogP contribution in [0, 0.1) is 0 Å². The molecule has 0 saturated carbocycles. The molecule has 0 unspecified atom stereocenters. The number of carbonyl (C=O) groups is 5. The number of ether oxygens (including phenoxy) is 6. The second-order valence-corrected chi connectivity index (χ2v) is 20.0. The zero-order chi connectivity index (χ0) is 54.7. The number of Topliss-reactive ketones (excluding diaryl/α,β-unsaturated/α-hetero) is 2. The van der Waals surface area contributed by atoms with Crippen molar-refractivity contribution in [1.29, 1.82) is 0 Å². The molecule has 8 rings (SSSR count). The Kier molecular flexibility index (Phi) is 22.7. The first-order chi connectivity index (χ1) is 37.3. The molecule has 21 heteroatoms. The molecular weight excluding hydrogens is 1030 g/mol. The van der Waals surface area contributed by atoms with E-state index in [0.29, 0.717) is 115 Å². The fourth-order valence-corrected chi connectivity index (χ4v) is 9.67. The molecule has 1 N–H and O–H groups in total. The first kappa shape index (κ1) is 58.8. The summed E-state index contributed by atoms with van der Waals surface area (Å²) in [5.41, 5.74) is 6.20. The highest BCUT2D eigenvalue weighted by atomic mass is 35.5. The van der Waals surface area contributed by atoms with Gasteiger partial charge < -0.3 is 33.3 Å². The Bertz CT molecular complexity index is 2790. The highest BCUT2D eigenvalue weighted by Gasteiger charge is 2.40. The van der Waals surface area contributed by atoms with Crippen LogP contribution >= 0.6 is 23.2 Å². The molecule has 6 heterocycles. The van der Waals surface area contributed by atoms with Gasteiger partial charge in [0.05, 0.1) is 56.4 Å². The molecule has 3 aliphatic rings. The summed E-state index contributed by atoms with van der Waals surface area (Å²) in [4.78, 5) is 77.2. The Morgan fingerprint density at radius 1 is 0.805 bits per heavy atom. The molecule has 77 heavy (non-hydrogen) atoms. The summed E-state index contributed by atoms with van der Waals surface area (Å²) in [5.74, 6) is 0.0816. The van der Waals surface area contributed by atoms with Crippen molar-refractivity contribution in [3.05, 3.63) is 116 Å². The van der Waals surface area contributed by atoms with E-state index in [1.165, 1.54) is 11.8 Å². The lowest BCUT2D eigenvalue weighted by Crippen LogP contribution is -2.52. The van der Waals surface area contributed by atoms with E-state index in [1.54, 1.807) is 54.1 Å². The minimum atomic E-state index is -0.633. The predicted molar refractivity (Wildman–Crippen MR) is 288 cm³/mol. The zero-order valence-corrected chi connectivity index (χ0v) is 46.0. The number of nitrogens with zero attached hydrogens (tertiary/aromatic N) is 7. The molecular formula is C56H70Cl2N8O11. The monoisotopic (exact) mass is 1100 g/mol. The minimum Gasteiger partial charge on any atom is -0.489 e. The molecule has 414 valence electrons. The first-order valence-electron chi connectivity index (χ1n) is 26.3. The molecule has 0 spiro atoms. The minimum absolute atomic E-state index is 0.0554. The molecule has 0 radical (unpaired) electrons. The third kappa shape index (κ3) is 17.0. The number of benzene rings is 2. The molecule has 3 aliphatic heterocycles. The zero-order valence-electron chi connectivity index (χ0n) is 44.4. The second kappa shape index (κ2) is 29.7. The smallest absolute Gasteiger partial charge is 0.255 e. The van der Waals surface area contributed by atoms with Gasteiger partial charge in [-0.15, -0.1) is 0 Å². The van der Waals surface area contributed by atoms with Crippen molar-refractivity contribution in [2.45, 2.75) is 97.1 Å². The van der Waals surface area contributed by atoms with Crippen LogP contribution in [0.2, 0.25) is 10.2 Å². The highest BCUT2D eigenvalue weighted by molar-refractivity contribution is 6.30. The van der Waals surface area contributed by atoms with Crippen molar-refractivity contribution in [3.8, 4) is 11.6 Å². The van der Waals surface area contributed by atoms with Crippen LogP contribution in [0.5, 0.6) is 11.6 Å². The van der Waals surface area contributed by atoms with Gasteiger partial charge in [-0.25, -0.2) is 14.5 Å². The molecule has 2 saturated heterocycles. The van der Waals surface area contributed by atoms with Gasteiger partial charge in [0.2, 0.25) is 17.7 Å². The van der Waals surface area contributed by atoms with Crippen molar-refractivity contribution in [1.82, 2.24) is 39.6 Å². The summed E-state index contributed by atoms with van der Waals surface area (Å²) in [5, 5.41) is 7.33. The Labute approximate surface area is 459 Å². The van der Waals surface area contributed by atoms with Crippen LogP contribution in [0.15, 0.2) is 67.0 Å². The molecule has 2 atom stereocenters. The fourth-order valence-electron chi connectivity index (χ4n) is 9.31. The number of hydrogen-bond donors (Lipinski definition) is 1. The number of methoxy groups -OCH3 is 2. The number of hydrogen-bond acceptors (Lipinski definition) is 16. The van der Waals surface area contributed by atoms with Gasteiger partial charge in [-0.05, 0) is 55.5 Å². The van der Waals surface area contributed by atoms with E-state index >= 15 is 0 Å². The standard InChI is InChI=1S/C28H36Cl2N4O6.C28H34N4O5/c1-4-8-38-11-12-39-10-7-23(35)6-5-9-40-28-20(13-22(29)18-32-28)14-24(36)15-21-17-31-26-16-25(30)33-34(26)27(21)19(2)37-3;1-36-16-15-30-11-13-31(14-12-30)17-20-5-7-21(8-6-20)19-37-25-4-2-3-22-23(25)18-32(28(22)35)24-9-10-26(33)29-27(24)34/h13,16-19H,4-12,14-15H2,1-3H3;2-8,24H,9-19H2,1H3,(H,29,33,34)/t19-;24-/m00/s1. The largest absolute Gasteiger partial charge is 0.489 e. The maximum atomic E-state index is 13.2. The Morgan fingerprint density at radius 3 is 2.29 bits per heavy atom. The fraction of sp³-hybridized carbons (Fsp3) is 0.500. The van der Waals surface area contributed by atoms with Crippen LogP contribution in [0.25, 0.3) is 5.65 Å². The number of piperidine rings is 1. The van der Waals surface area contributed by atoms with Gasteiger partial charge in [0.15, 0.2) is 10.8 Å². The van der Waals surface area contributed by atoms with Crippen LogP contribution in [0.1, 0.15) is 102 Å². The summed E-state index contributed by atoms with van der Waals surface area (Å²) < 4.78 is 35.0. The molecule has 0 aliphatic carbocycles. The Balaban J connectivity index is 0.000000224.